The third kappa shape index (κ3) is 5.14. The van der Waals surface area contributed by atoms with Crippen molar-refractivity contribution in [2.24, 2.45) is 5.92 Å². The average Bonchev–Trinajstić information content (AvgIpc) is 2.73. The molecule has 0 spiro atoms. The number of sulfonamides is 1. The van der Waals surface area contributed by atoms with E-state index in [1.165, 1.54) is 16.4 Å². The van der Waals surface area contributed by atoms with Gasteiger partial charge in [0.2, 0.25) is 15.9 Å². The number of rotatable bonds is 6. The molecule has 8 heteroatoms. The van der Waals surface area contributed by atoms with Crippen molar-refractivity contribution in [3.63, 3.8) is 0 Å². The number of hydrogen-bond donors (Lipinski definition) is 1. The van der Waals surface area contributed by atoms with E-state index < -0.39 is 10.0 Å². The van der Waals surface area contributed by atoms with Gasteiger partial charge in [-0.15, -0.1) is 0 Å². The van der Waals surface area contributed by atoms with Crippen molar-refractivity contribution in [2.75, 3.05) is 18.4 Å². The molecule has 174 valence electrons. The number of benzene rings is 2. The largest absolute Gasteiger partial charge is 0.325 e. The Kier molecular flexibility index (Phi) is 7.92. The molecular weight excluding hydrogens is 467 g/mol. The average molecular weight is 497 g/mol. The van der Waals surface area contributed by atoms with Crippen LogP contribution in [0.25, 0.3) is 0 Å². The van der Waals surface area contributed by atoms with Crippen molar-refractivity contribution in [3.8, 4) is 0 Å². The SMILES string of the molecule is CC(C)c1cccc(C(C)C)c1NC(=O)C1CCN(S(=O)(=O)c2c(Cl)cccc2Cl)CC1. The molecule has 1 saturated heterocycles. The van der Waals surface area contributed by atoms with Crippen molar-refractivity contribution in [1.29, 1.82) is 0 Å². The van der Waals surface area contributed by atoms with E-state index in [2.05, 4.69) is 45.1 Å². The lowest BCUT2D eigenvalue weighted by Gasteiger charge is -2.31. The Morgan fingerprint density at radius 1 is 0.938 bits per heavy atom. The molecule has 32 heavy (non-hydrogen) atoms. The van der Waals surface area contributed by atoms with E-state index in [-0.39, 0.29) is 51.7 Å². The fourth-order valence-corrected chi connectivity index (χ4v) is 6.70. The van der Waals surface area contributed by atoms with Crippen LogP contribution in [0.5, 0.6) is 0 Å². The van der Waals surface area contributed by atoms with Crippen molar-refractivity contribution >= 4 is 44.8 Å². The van der Waals surface area contributed by atoms with Gasteiger partial charge in [-0.25, -0.2) is 8.42 Å². The third-order valence-electron chi connectivity index (χ3n) is 5.96. The number of piperidine rings is 1. The zero-order chi connectivity index (χ0) is 23.6. The van der Waals surface area contributed by atoms with Crippen LogP contribution in [0, 0.1) is 5.92 Å². The molecule has 5 nitrogen and oxygen atoms in total. The number of hydrogen-bond acceptors (Lipinski definition) is 3. The van der Waals surface area contributed by atoms with Crippen molar-refractivity contribution in [1.82, 2.24) is 4.31 Å². The van der Waals surface area contributed by atoms with Gasteiger partial charge >= 0.3 is 0 Å². The Balaban J connectivity index is 1.75. The van der Waals surface area contributed by atoms with Gasteiger partial charge in [0.25, 0.3) is 0 Å². The molecule has 0 saturated carbocycles. The van der Waals surface area contributed by atoms with Gasteiger partial charge in [0, 0.05) is 24.7 Å². The molecule has 0 atom stereocenters. The Morgan fingerprint density at radius 3 is 1.88 bits per heavy atom. The summed E-state index contributed by atoms with van der Waals surface area (Å²) in [6.07, 6.45) is 0.877. The second kappa shape index (κ2) is 10.1. The van der Waals surface area contributed by atoms with Crippen molar-refractivity contribution in [3.05, 3.63) is 57.6 Å². The Bertz CT molecular complexity index is 1050. The van der Waals surface area contributed by atoms with Crippen LogP contribution in [-0.4, -0.2) is 31.7 Å². The zero-order valence-electron chi connectivity index (χ0n) is 18.9. The molecule has 1 amide bonds. The second-order valence-corrected chi connectivity index (χ2v) is 11.5. The minimum Gasteiger partial charge on any atom is -0.325 e. The second-order valence-electron chi connectivity index (χ2n) is 8.84. The summed E-state index contributed by atoms with van der Waals surface area (Å²) in [7, 11) is -3.83. The van der Waals surface area contributed by atoms with E-state index in [9.17, 15) is 13.2 Å². The molecule has 0 bridgehead atoms. The number of carbonyl (C=O) groups is 1. The molecule has 1 N–H and O–H groups in total. The molecule has 1 fully saturated rings. The first kappa shape index (κ1) is 25.0. The zero-order valence-corrected chi connectivity index (χ0v) is 21.2. The quantitative estimate of drug-likeness (QED) is 0.511. The molecule has 1 heterocycles. The highest BCUT2D eigenvalue weighted by Gasteiger charge is 2.34. The number of nitrogens with one attached hydrogen (secondary N) is 1. The van der Waals surface area contributed by atoms with Gasteiger partial charge in [-0.2, -0.15) is 4.31 Å². The van der Waals surface area contributed by atoms with Gasteiger partial charge in [-0.1, -0.05) is 75.2 Å². The maximum absolute atomic E-state index is 13.1. The molecule has 3 rings (SSSR count). The number of nitrogens with zero attached hydrogens (tertiary/aromatic N) is 1. The van der Waals surface area contributed by atoms with Gasteiger partial charge in [-0.3, -0.25) is 4.79 Å². The standard InChI is InChI=1S/C24H30Cl2N2O3S/c1-15(2)18-7-5-8-19(16(3)4)22(18)27-24(29)17-11-13-28(14-12-17)32(30,31)23-20(25)9-6-10-21(23)26/h5-10,15-17H,11-14H2,1-4H3,(H,27,29). The van der Waals surface area contributed by atoms with E-state index in [1.54, 1.807) is 6.07 Å². The number of amides is 1. The van der Waals surface area contributed by atoms with Crippen LogP contribution in [0.3, 0.4) is 0 Å². The summed E-state index contributed by atoms with van der Waals surface area (Å²) in [6.45, 7) is 8.92. The Labute approximate surface area is 201 Å². The minimum atomic E-state index is -3.83. The first-order valence-corrected chi connectivity index (χ1v) is 13.1. The lowest BCUT2D eigenvalue weighted by atomic mass is 9.91. The lowest BCUT2D eigenvalue weighted by Crippen LogP contribution is -2.41. The van der Waals surface area contributed by atoms with Gasteiger partial charge in [0.15, 0.2) is 0 Å². The molecule has 0 unspecified atom stereocenters. The number of para-hydroxylation sites is 1. The van der Waals surface area contributed by atoms with Gasteiger partial charge in [0.05, 0.1) is 10.0 Å². The van der Waals surface area contributed by atoms with E-state index in [0.717, 1.165) is 16.8 Å². The summed E-state index contributed by atoms with van der Waals surface area (Å²) < 4.78 is 27.6. The highest BCUT2D eigenvalue weighted by atomic mass is 35.5. The predicted octanol–water partition coefficient (Wildman–Crippen LogP) is 6.28. The Morgan fingerprint density at radius 2 is 1.41 bits per heavy atom. The third-order valence-corrected chi connectivity index (χ3v) is 8.82. The number of halogens is 2. The fraction of sp³-hybridized carbons (Fsp3) is 0.458. The summed E-state index contributed by atoms with van der Waals surface area (Å²) in [5.74, 6) is 0.226. The summed E-state index contributed by atoms with van der Waals surface area (Å²) in [4.78, 5) is 13.1. The van der Waals surface area contributed by atoms with Gasteiger partial charge in [-0.05, 0) is 47.9 Å². The topological polar surface area (TPSA) is 66.5 Å². The van der Waals surface area contributed by atoms with E-state index in [4.69, 9.17) is 23.2 Å². The highest BCUT2D eigenvalue weighted by Crippen LogP contribution is 2.35. The highest BCUT2D eigenvalue weighted by molar-refractivity contribution is 7.89. The first-order valence-electron chi connectivity index (χ1n) is 10.9. The van der Waals surface area contributed by atoms with Crippen LogP contribution in [0.15, 0.2) is 41.3 Å². The van der Waals surface area contributed by atoms with Crippen LogP contribution in [0.1, 0.15) is 63.5 Å². The van der Waals surface area contributed by atoms with Gasteiger partial charge < -0.3 is 5.32 Å². The predicted molar refractivity (Wildman–Crippen MR) is 131 cm³/mol. The van der Waals surface area contributed by atoms with Gasteiger partial charge in [0.1, 0.15) is 4.90 Å². The molecule has 2 aromatic carbocycles. The van der Waals surface area contributed by atoms with Crippen LogP contribution in [-0.2, 0) is 14.8 Å². The maximum Gasteiger partial charge on any atom is 0.246 e. The Hall–Kier alpha value is -1.60. The van der Waals surface area contributed by atoms with Crippen molar-refractivity contribution < 1.29 is 13.2 Å². The summed E-state index contributed by atoms with van der Waals surface area (Å²) >= 11 is 12.3. The first-order chi connectivity index (χ1) is 15.0. The smallest absolute Gasteiger partial charge is 0.246 e. The van der Waals surface area contributed by atoms with Crippen LogP contribution >= 0.6 is 23.2 Å². The molecule has 1 aliphatic rings. The van der Waals surface area contributed by atoms with Crippen LogP contribution in [0.2, 0.25) is 10.0 Å². The van der Waals surface area contributed by atoms with E-state index >= 15 is 0 Å². The molecule has 0 aromatic heterocycles. The number of anilines is 1. The monoisotopic (exact) mass is 496 g/mol. The van der Waals surface area contributed by atoms with Crippen LogP contribution < -0.4 is 5.32 Å². The fourth-order valence-electron chi connectivity index (χ4n) is 4.14. The molecule has 0 aliphatic carbocycles. The minimum absolute atomic E-state index is 0.0622. The maximum atomic E-state index is 13.1. The number of carbonyl (C=O) groups excluding carboxylic acids is 1. The van der Waals surface area contributed by atoms with Crippen molar-refractivity contribution in [2.45, 2.75) is 57.3 Å². The van der Waals surface area contributed by atoms with E-state index in [0.29, 0.717) is 12.8 Å². The van der Waals surface area contributed by atoms with Crippen LogP contribution in [0.4, 0.5) is 5.69 Å². The van der Waals surface area contributed by atoms with E-state index in [1.807, 2.05) is 6.07 Å². The normalized spacial score (nSPS) is 16.0. The summed E-state index contributed by atoms with van der Waals surface area (Å²) in [6, 6.07) is 10.8. The molecule has 2 aromatic rings. The summed E-state index contributed by atoms with van der Waals surface area (Å²) in [5.41, 5.74) is 3.11. The lowest BCUT2D eigenvalue weighted by molar-refractivity contribution is -0.120. The molecule has 1 aliphatic heterocycles. The summed E-state index contributed by atoms with van der Waals surface area (Å²) in [5, 5.41) is 3.37. The molecular formula is C24H30Cl2N2O3S. The molecule has 0 radical (unpaired) electrons.